The highest BCUT2D eigenvalue weighted by Crippen LogP contribution is 2.23. The summed E-state index contributed by atoms with van der Waals surface area (Å²) in [6, 6.07) is 6.66. The van der Waals surface area contributed by atoms with Gasteiger partial charge in [0.15, 0.2) is 0 Å². The largest absolute Gasteiger partial charge is 0.494 e. The Kier molecular flexibility index (Phi) is 4.44. The summed E-state index contributed by atoms with van der Waals surface area (Å²) >= 11 is 0. The molecule has 0 saturated carbocycles. The van der Waals surface area contributed by atoms with E-state index < -0.39 is 10.0 Å². The van der Waals surface area contributed by atoms with Crippen molar-refractivity contribution in [2.45, 2.75) is 24.8 Å². The Bertz CT molecular complexity index is 530. The molecule has 2 rings (SSSR count). The van der Waals surface area contributed by atoms with Crippen molar-refractivity contribution in [3.05, 3.63) is 24.3 Å². The van der Waals surface area contributed by atoms with Gasteiger partial charge in [-0.05, 0) is 26.0 Å². The molecule has 1 aliphatic rings. The van der Waals surface area contributed by atoms with Crippen LogP contribution >= 0.6 is 0 Å². The van der Waals surface area contributed by atoms with Gasteiger partial charge in [-0.2, -0.15) is 4.31 Å². The van der Waals surface area contributed by atoms with Crippen molar-refractivity contribution in [3.8, 4) is 5.75 Å². The smallest absolute Gasteiger partial charge is 0.243 e. The molecule has 1 unspecified atom stereocenters. The number of rotatable bonds is 4. The summed E-state index contributed by atoms with van der Waals surface area (Å²) in [5, 5.41) is 3.19. The highest BCUT2D eigenvalue weighted by molar-refractivity contribution is 7.89. The summed E-state index contributed by atoms with van der Waals surface area (Å²) in [7, 11) is -3.44. The molecule has 0 amide bonds. The number of piperazine rings is 1. The van der Waals surface area contributed by atoms with Gasteiger partial charge in [-0.1, -0.05) is 6.07 Å². The molecule has 5 nitrogen and oxygen atoms in total. The third-order valence-corrected chi connectivity index (χ3v) is 5.17. The van der Waals surface area contributed by atoms with Gasteiger partial charge >= 0.3 is 0 Å². The predicted octanol–water partition coefficient (Wildman–Crippen LogP) is 1.07. The minimum Gasteiger partial charge on any atom is -0.494 e. The van der Waals surface area contributed by atoms with Crippen LogP contribution in [0.25, 0.3) is 0 Å². The lowest BCUT2D eigenvalue weighted by Gasteiger charge is -2.32. The van der Waals surface area contributed by atoms with Crippen molar-refractivity contribution < 1.29 is 13.2 Å². The Labute approximate surface area is 114 Å². The van der Waals surface area contributed by atoms with E-state index in [1.165, 1.54) is 0 Å². The van der Waals surface area contributed by atoms with Gasteiger partial charge in [0.05, 0.1) is 11.5 Å². The van der Waals surface area contributed by atoms with Crippen LogP contribution in [0.1, 0.15) is 13.8 Å². The minimum absolute atomic E-state index is 0.0329. The van der Waals surface area contributed by atoms with Crippen molar-refractivity contribution in [2.24, 2.45) is 0 Å². The molecule has 1 N–H and O–H groups in total. The highest BCUT2D eigenvalue weighted by atomic mass is 32.2. The van der Waals surface area contributed by atoms with Crippen LogP contribution in [0.15, 0.2) is 29.2 Å². The van der Waals surface area contributed by atoms with E-state index in [1.807, 2.05) is 13.8 Å². The van der Waals surface area contributed by atoms with Gasteiger partial charge in [0.1, 0.15) is 5.75 Å². The molecule has 1 saturated heterocycles. The van der Waals surface area contributed by atoms with Crippen LogP contribution in [0.4, 0.5) is 0 Å². The number of hydrogen-bond acceptors (Lipinski definition) is 4. The Morgan fingerprint density at radius 3 is 2.95 bits per heavy atom. The molecule has 6 heteroatoms. The van der Waals surface area contributed by atoms with Crippen molar-refractivity contribution in [1.29, 1.82) is 0 Å². The topological polar surface area (TPSA) is 58.6 Å². The predicted molar refractivity (Wildman–Crippen MR) is 73.8 cm³/mol. The van der Waals surface area contributed by atoms with Crippen LogP contribution in [-0.2, 0) is 10.0 Å². The number of hydrogen-bond donors (Lipinski definition) is 1. The molecule has 1 heterocycles. The third kappa shape index (κ3) is 3.08. The average Bonchev–Trinajstić information content (AvgIpc) is 2.40. The van der Waals surface area contributed by atoms with Gasteiger partial charge < -0.3 is 10.1 Å². The maximum atomic E-state index is 12.6. The van der Waals surface area contributed by atoms with E-state index in [-0.39, 0.29) is 6.04 Å². The lowest BCUT2D eigenvalue weighted by Crippen LogP contribution is -2.52. The first kappa shape index (κ1) is 14.3. The molecule has 1 aromatic carbocycles. The highest BCUT2D eigenvalue weighted by Gasteiger charge is 2.30. The number of sulfonamides is 1. The van der Waals surface area contributed by atoms with Crippen molar-refractivity contribution in [1.82, 2.24) is 9.62 Å². The zero-order chi connectivity index (χ0) is 13.9. The first-order valence-electron chi connectivity index (χ1n) is 6.51. The second-order valence-corrected chi connectivity index (χ2v) is 6.47. The van der Waals surface area contributed by atoms with Crippen LogP contribution in [0, 0.1) is 0 Å². The molecular formula is C13H20N2O3S. The lowest BCUT2D eigenvalue weighted by molar-refractivity contribution is 0.283. The molecule has 0 aliphatic carbocycles. The van der Waals surface area contributed by atoms with Gasteiger partial charge in [-0.3, -0.25) is 0 Å². The maximum absolute atomic E-state index is 12.6. The maximum Gasteiger partial charge on any atom is 0.243 e. The van der Waals surface area contributed by atoms with E-state index in [4.69, 9.17) is 4.74 Å². The summed E-state index contributed by atoms with van der Waals surface area (Å²) in [4.78, 5) is 0.298. The van der Waals surface area contributed by atoms with E-state index in [1.54, 1.807) is 28.6 Å². The van der Waals surface area contributed by atoms with Crippen LogP contribution in [-0.4, -0.2) is 45.0 Å². The number of nitrogens with zero attached hydrogens (tertiary/aromatic N) is 1. The number of benzene rings is 1. The molecule has 106 valence electrons. The Morgan fingerprint density at radius 2 is 2.26 bits per heavy atom. The fraction of sp³-hybridized carbons (Fsp3) is 0.538. The zero-order valence-electron chi connectivity index (χ0n) is 11.3. The molecule has 0 aromatic heterocycles. The standard InChI is InChI=1S/C13H20N2O3S/c1-3-18-12-5-4-6-13(9-12)19(16,17)15-8-7-14-10-11(15)2/h4-6,9,11,14H,3,7-8,10H2,1-2H3. The molecule has 0 bridgehead atoms. The summed E-state index contributed by atoms with van der Waals surface area (Å²) in [5.74, 6) is 0.589. The fourth-order valence-corrected chi connectivity index (χ4v) is 3.87. The van der Waals surface area contributed by atoms with Crippen LogP contribution in [0.5, 0.6) is 5.75 Å². The Morgan fingerprint density at radius 1 is 1.47 bits per heavy atom. The minimum atomic E-state index is -3.44. The summed E-state index contributed by atoms with van der Waals surface area (Å²) < 4.78 is 32.1. The first-order chi connectivity index (χ1) is 9.05. The van der Waals surface area contributed by atoms with Crippen LogP contribution < -0.4 is 10.1 Å². The lowest BCUT2D eigenvalue weighted by atomic mass is 10.3. The molecule has 1 atom stereocenters. The second kappa shape index (κ2) is 5.90. The monoisotopic (exact) mass is 284 g/mol. The Balaban J connectivity index is 2.30. The van der Waals surface area contributed by atoms with Gasteiger partial charge in [0.25, 0.3) is 0 Å². The average molecular weight is 284 g/mol. The van der Waals surface area contributed by atoms with E-state index in [2.05, 4.69) is 5.32 Å². The molecule has 19 heavy (non-hydrogen) atoms. The Hall–Kier alpha value is -1.11. The fourth-order valence-electron chi connectivity index (χ4n) is 2.21. The SMILES string of the molecule is CCOc1cccc(S(=O)(=O)N2CCNCC2C)c1. The van der Waals surface area contributed by atoms with Crippen LogP contribution in [0.3, 0.4) is 0 Å². The summed E-state index contributed by atoms with van der Waals surface area (Å²) in [6.45, 7) is 6.19. The second-order valence-electron chi connectivity index (χ2n) is 4.58. The molecular weight excluding hydrogens is 264 g/mol. The van der Waals surface area contributed by atoms with Gasteiger partial charge in [-0.15, -0.1) is 0 Å². The molecule has 1 aromatic rings. The third-order valence-electron chi connectivity index (χ3n) is 3.16. The van der Waals surface area contributed by atoms with Crippen molar-refractivity contribution >= 4 is 10.0 Å². The summed E-state index contributed by atoms with van der Waals surface area (Å²) in [5.41, 5.74) is 0. The van der Waals surface area contributed by atoms with E-state index >= 15 is 0 Å². The van der Waals surface area contributed by atoms with Crippen molar-refractivity contribution in [3.63, 3.8) is 0 Å². The van der Waals surface area contributed by atoms with Gasteiger partial charge in [-0.25, -0.2) is 8.42 Å². The van der Waals surface area contributed by atoms with E-state index in [0.29, 0.717) is 36.9 Å². The normalized spacial score (nSPS) is 21.3. The molecule has 0 spiro atoms. The zero-order valence-corrected chi connectivity index (χ0v) is 12.1. The molecule has 0 radical (unpaired) electrons. The van der Waals surface area contributed by atoms with Gasteiger partial charge in [0, 0.05) is 31.7 Å². The number of nitrogens with one attached hydrogen (secondary N) is 1. The molecule has 1 fully saturated rings. The number of ether oxygens (including phenoxy) is 1. The summed E-state index contributed by atoms with van der Waals surface area (Å²) in [6.07, 6.45) is 0. The first-order valence-corrected chi connectivity index (χ1v) is 7.95. The van der Waals surface area contributed by atoms with Gasteiger partial charge in [0.2, 0.25) is 10.0 Å². The molecule has 1 aliphatic heterocycles. The van der Waals surface area contributed by atoms with E-state index in [0.717, 1.165) is 0 Å². The van der Waals surface area contributed by atoms with E-state index in [9.17, 15) is 8.42 Å². The van der Waals surface area contributed by atoms with Crippen LogP contribution in [0.2, 0.25) is 0 Å². The van der Waals surface area contributed by atoms with Crippen molar-refractivity contribution in [2.75, 3.05) is 26.2 Å². The quantitative estimate of drug-likeness (QED) is 0.898.